The molecule has 6 nitrogen and oxygen atoms in total. The number of hydrogen-bond donors (Lipinski definition) is 1. The van der Waals surface area contributed by atoms with Crippen molar-refractivity contribution >= 4 is 11.8 Å². The van der Waals surface area contributed by atoms with Crippen molar-refractivity contribution in [2.45, 2.75) is 0 Å². The number of methoxy groups -OCH3 is 1. The maximum Gasteiger partial charge on any atom is 0.323 e. The lowest BCUT2D eigenvalue weighted by Gasteiger charge is -2.20. The molecule has 0 saturated heterocycles. The highest BCUT2D eigenvalue weighted by Crippen LogP contribution is 2.06. The van der Waals surface area contributed by atoms with E-state index in [2.05, 4.69) is 9.97 Å². The van der Waals surface area contributed by atoms with E-state index in [0.29, 0.717) is 19.0 Å². The molecule has 1 N–H and O–H groups in total. The number of ether oxygens (including phenoxy) is 1. The fraction of sp³-hybridized carbons (Fsp3) is 0.444. The minimum atomic E-state index is -0.906. The van der Waals surface area contributed by atoms with Gasteiger partial charge in [0.1, 0.15) is 12.4 Å². The van der Waals surface area contributed by atoms with Gasteiger partial charge in [0.15, 0.2) is 0 Å². The number of carboxylic acid groups (broad SMARTS) is 1. The molecule has 6 heteroatoms. The zero-order chi connectivity index (χ0) is 11.1. The van der Waals surface area contributed by atoms with Crippen LogP contribution in [0.1, 0.15) is 0 Å². The smallest absolute Gasteiger partial charge is 0.323 e. The molecule has 0 atom stereocenters. The Morgan fingerprint density at radius 2 is 2.40 bits per heavy atom. The Balaban J connectivity index is 2.67. The van der Waals surface area contributed by atoms with E-state index in [-0.39, 0.29) is 6.54 Å². The summed E-state index contributed by atoms with van der Waals surface area (Å²) in [5, 5.41) is 8.71. The summed E-state index contributed by atoms with van der Waals surface area (Å²) >= 11 is 0. The van der Waals surface area contributed by atoms with Crippen LogP contribution in [-0.2, 0) is 9.53 Å². The first kappa shape index (κ1) is 11.4. The van der Waals surface area contributed by atoms with Crippen LogP contribution in [0.15, 0.2) is 18.6 Å². The molecule has 0 spiro atoms. The van der Waals surface area contributed by atoms with Crippen molar-refractivity contribution < 1.29 is 14.6 Å². The number of nitrogens with zero attached hydrogens (tertiary/aromatic N) is 3. The standard InChI is InChI=1S/C9H13N3O3/c1-15-5-4-12(7-9(13)14)8-6-10-2-3-11-8/h2-3,6H,4-5,7H2,1H3,(H,13,14). The number of aliphatic carboxylic acids is 1. The van der Waals surface area contributed by atoms with Crippen molar-refractivity contribution in [2.24, 2.45) is 0 Å². The van der Waals surface area contributed by atoms with E-state index in [9.17, 15) is 4.79 Å². The molecule has 15 heavy (non-hydrogen) atoms. The molecule has 1 aromatic rings. The van der Waals surface area contributed by atoms with Crippen molar-refractivity contribution in [3.63, 3.8) is 0 Å². The highest BCUT2D eigenvalue weighted by Gasteiger charge is 2.11. The van der Waals surface area contributed by atoms with Crippen LogP contribution >= 0.6 is 0 Å². The Morgan fingerprint density at radius 3 is 2.93 bits per heavy atom. The van der Waals surface area contributed by atoms with Gasteiger partial charge in [0, 0.05) is 26.0 Å². The third-order valence-corrected chi connectivity index (χ3v) is 1.76. The van der Waals surface area contributed by atoms with Crippen molar-refractivity contribution in [1.82, 2.24) is 9.97 Å². The van der Waals surface area contributed by atoms with Gasteiger partial charge in [0.2, 0.25) is 0 Å². The van der Waals surface area contributed by atoms with Gasteiger partial charge in [-0.15, -0.1) is 0 Å². The summed E-state index contributed by atoms with van der Waals surface area (Å²) in [6.45, 7) is 0.813. The van der Waals surface area contributed by atoms with Crippen molar-refractivity contribution in [1.29, 1.82) is 0 Å². The second-order valence-electron chi connectivity index (χ2n) is 2.87. The zero-order valence-corrected chi connectivity index (χ0v) is 8.46. The van der Waals surface area contributed by atoms with Crippen molar-refractivity contribution in [2.75, 3.05) is 31.7 Å². The Morgan fingerprint density at radius 1 is 1.60 bits per heavy atom. The van der Waals surface area contributed by atoms with Crippen LogP contribution in [-0.4, -0.2) is 47.8 Å². The lowest BCUT2D eigenvalue weighted by Crippen LogP contribution is -2.33. The van der Waals surface area contributed by atoms with Gasteiger partial charge in [-0.25, -0.2) is 4.98 Å². The number of anilines is 1. The average molecular weight is 211 g/mol. The fourth-order valence-electron chi connectivity index (χ4n) is 1.09. The predicted octanol–water partition coefficient (Wildman–Crippen LogP) is 0.0140. The largest absolute Gasteiger partial charge is 0.480 e. The number of rotatable bonds is 6. The van der Waals surface area contributed by atoms with Gasteiger partial charge in [0.25, 0.3) is 0 Å². The van der Waals surface area contributed by atoms with Gasteiger partial charge in [-0.2, -0.15) is 0 Å². The van der Waals surface area contributed by atoms with Crippen molar-refractivity contribution in [3.05, 3.63) is 18.6 Å². The van der Waals surface area contributed by atoms with Crippen molar-refractivity contribution in [3.8, 4) is 0 Å². The molecule has 0 fully saturated rings. The zero-order valence-electron chi connectivity index (χ0n) is 8.46. The second kappa shape index (κ2) is 5.92. The van der Waals surface area contributed by atoms with Crippen LogP contribution in [0.4, 0.5) is 5.82 Å². The van der Waals surface area contributed by atoms with Crippen LogP contribution in [0.25, 0.3) is 0 Å². The molecule has 1 heterocycles. The summed E-state index contributed by atoms with van der Waals surface area (Å²) in [6, 6.07) is 0. The van der Waals surface area contributed by atoms with Crippen LogP contribution in [0.3, 0.4) is 0 Å². The van der Waals surface area contributed by atoms with Crippen LogP contribution in [0, 0.1) is 0 Å². The lowest BCUT2D eigenvalue weighted by molar-refractivity contribution is -0.135. The van der Waals surface area contributed by atoms with E-state index in [1.54, 1.807) is 18.2 Å². The van der Waals surface area contributed by atoms with E-state index in [1.807, 2.05) is 0 Å². The van der Waals surface area contributed by atoms with Gasteiger partial charge >= 0.3 is 5.97 Å². The van der Waals surface area contributed by atoms with Gasteiger partial charge in [-0.3, -0.25) is 9.78 Å². The maximum atomic E-state index is 10.6. The second-order valence-corrected chi connectivity index (χ2v) is 2.87. The van der Waals surface area contributed by atoms with E-state index in [4.69, 9.17) is 9.84 Å². The van der Waals surface area contributed by atoms with Gasteiger partial charge in [-0.1, -0.05) is 0 Å². The Labute approximate surface area is 87.5 Å². The quantitative estimate of drug-likeness (QED) is 0.714. The third-order valence-electron chi connectivity index (χ3n) is 1.76. The molecule has 0 aliphatic heterocycles. The topological polar surface area (TPSA) is 75.5 Å². The molecule has 1 aromatic heterocycles. The summed E-state index contributed by atoms with van der Waals surface area (Å²) < 4.78 is 4.89. The molecule has 0 saturated carbocycles. The Hall–Kier alpha value is -1.69. The first-order valence-corrected chi connectivity index (χ1v) is 4.45. The molecular weight excluding hydrogens is 198 g/mol. The molecule has 0 bridgehead atoms. The number of hydrogen-bond acceptors (Lipinski definition) is 5. The predicted molar refractivity (Wildman–Crippen MR) is 53.8 cm³/mol. The summed E-state index contributed by atoms with van der Waals surface area (Å²) in [5.41, 5.74) is 0. The minimum Gasteiger partial charge on any atom is -0.480 e. The molecular formula is C9H13N3O3. The van der Waals surface area contributed by atoms with Crippen LogP contribution in [0.2, 0.25) is 0 Å². The van der Waals surface area contributed by atoms with E-state index in [1.165, 1.54) is 12.4 Å². The lowest BCUT2D eigenvalue weighted by atomic mass is 10.4. The third kappa shape index (κ3) is 3.90. The monoisotopic (exact) mass is 211 g/mol. The number of aromatic nitrogens is 2. The normalized spacial score (nSPS) is 9.93. The highest BCUT2D eigenvalue weighted by molar-refractivity contribution is 5.72. The maximum absolute atomic E-state index is 10.6. The first-order chi connectivity index (χ1) is 7.24. The molecule has 0 unspecified atom stereocenters. The number of carboxylic acids is 1. The van der Waals surface area contributed by atoms with E-state index in [0.717, 1.165) is 0 Å². The van der Waals surface area contributed by atoms with Crippen LogP contribution in [0.5, 0.6) is 0 Å². The summed E-state index contributed by atoms with van der Waals surface area (Å²) in [5.74, 6) is -0.367. The molecule has 0 amide bonds. The minimum absolute atomic E-state index is 0.109. The molecule has 0 aliphatic rings. The Kier molecular flexibility index (Phi) is 4.49. The van der Waals surface area contributed by atoms with Gasteiger partial charge in [0.05, 0.1) is 12.8 Å². The van der Waals surface area contributed by atoms with Crippen LogP contribution < -0.4 is 4.90 Å². The van der Waals surface area contributed by atoms with Gasteiger partial charge in [-0.05, 0) is 0 Å². The first-order valence-electron chi connectivity index (χ1n) is 4.45. The van der Waals surface area contributed by atoms with E-state index < -0.39 is 5.97 Å². The molecule has 0 aromatic carbocycles. The molecule has 0 radical (unpaired) electrons. The number of carbonyl (C=O) groups is 1. The average Bonchev–Trinajstić information content (AvgIpc) is 2.25. The SMILES string of the molecule is COCCN(CC(=O)O)c1cnccn1. The molecule has 1 rings (SSSR count). The summed E-state index contributed by atoms with van der Waals surface area (Å²) in [4.78, 5) is 20.1. The highest BCUT2D eigenvalue weighted by atomic mass is 16.5. The molecule has 0 aliphatic carbocycles. The summed E-state index contributed by atoms with van der Waals surface area (Å²) in [6.07, 6.45) is 4.59. The fourth-order valence-corrected chi connectivity index (χ4v) is 1.09. The summed E-state index contributed by atoms with van der Waals surface area (Å²) in [7, 11) is 1.57. The Bertz CT molecular complexity index is 305. The van der Waals surface area contributed by atoms with Gasteiger partial charge < -0.3 is 14.7 Å². The molecule has 82 valence electrons. The van der Waals surface area contributed by atoms with E-state index >= 15 is 0 Å².